The number of hydrogen-bond donors (Lipinski definition) is 0. The Morgan fingerprint density at radius 1 is 1.50 bits per heavy atom. The normalized spacial score (nSPS) is 10.4. The van der Waals surface area contributed by atoms with Gasteiger partial charge in [0.15, 0.2) is 5.82 Å². The minimum Gasteiger partial charge on any atom is -0.332 e. The molecule has 2 aromatic rings. The molecule has 5 nitrogen and oxygen atoms in total. The Morgan fingerprint density at radius 2 is 2.36 bits per heavy atom. The Kier molecular flexibility index (Phi) is 2.74. The second-order valence-corrected chi connectivity index (χ2v) is 3.49. The molecule has 0 aromatic carbocycles. The van der Waals surface area contributed by atoms with E-state index in [1.165, 1.54) is 6.33 Å². The zero-order valence-electron chi connectivity index (χ0n) is 6.81. The van der Waals surface area contributed by atoms with Gasteiger partial charge in [-0.15, -0.1) is 11.6 Å². The molecule has 0 aliphatic rings. The highest BCUT2D eigenvalue weighted by molar-refractivity contribution is 9.10. The van der Waals surface area contributed by atoms with Crippen molar-refractivity contribution in [1.29, 1.82) is 0 Å². The molecule has 0 N–H and O–H groups in total. The van der Waals surface area contributed by atoms with Crippen LogP contribution in [0.4, 0.5) is 0 Å². The number of aromatic nitrogens is 4. The van der Waals surface area contributed by atoms with Gasteiger partial charge in [-0.3, -0.25) is 0 Å². The molecule has 0 unspecified atom stereocenters. The van der Waals surface area contributed by atoms with Gasteiger partial charge in [0.2, 0.25) is 0 Å². The molecule has 0 amide bonds. The van der Waals surface area contributed by atoms with Crippen molar-refractivity contribution < 1.29 is 4.52 Å². The standard InChI is InChI=1S/C7H4BrClN4O/c8-4-2-10-3-11-6(4)7-12-5(1-9)13-14-7/h2-3H,1H2. The third kappa shape index (κ3) is 1.76. The van der Waals surface area contributed by atoms with E-state index in [0.717, 1.165) is 0 Å². The van der Waals surface area contributed by atoms with E-state index < -0.39 is 0 Å². The molecule has 14 heavy (non-hydrogen) atoms. The molecule has 0 saturated carbocycles. The Bertz CT molecular complexity index is 447. The lowest BCUT2D eigenvalue weighted by Gasteiger charge is -1.93. The summed E-state index contributed by atoms with van der Waals surface area (Å²) >= 11 is 8.82. The second kappa shape index (κ2) is 4.02. The number of halogens is 2. The van der Waals surface area contributed by atoms with Gasteiger partial charge in [-0.1, -0.05) is 5.16 Å². The summed E-state index contributed by atoms with van der Waals surface area (Å²) in [7, 11) is 0. The van der Waals surface area contributed by atoms with Crippen molar-refractivity contribution in [1.82, 2.24) is 20.1 Å². The number of nitrogens with zero attached hydrogens (tertiary/aromatic N) is 4. The van der Waals surface area contributed by atoms with Gasteiger partial charge in [0.05, 0.1) is 10.4 Å². The summed E-state index contributed by atoms with van der Waals surface area (Å²) in [5, 5.41) is 3.65. The third-order valence-corrected chi connectivity index (χ3v) is 2.28. The average Bonchev–Trinajstić information content (AvgIpc) is 2.67. The minimum atomic E-state index is 0.214. The topological polar surface area (TPSA) is 64.7 Å². The molecule has 0 bridgehead atoms. The van der Waals surface area contributed by atoms with Gasteiger partial charge < -0.3 is 4.52 Å². The van der Waals surface area contributed by atoms with Crippen molar-refractivity contribution in [2.75, 3.05) is 0 Å². The quantitative estimate of drug-likeness (QED) is 0.785. The molecule has 72 valence electrons. The van der Waals surface area contributed by atoms with Crippen molar-refractivity contribution in [2.24, 2.45) is 0 Å². The van der Waals surface area contributed by atoms with E-state index in [9.17, 15) is 0 Å². The molecule has 0 fully saturated rings. The first-order valence-corrected chi connectivity index (χ1v) is 4.98. The first-order chi connectivity index (χ1) is 6.81. The number of rotatable bonds is 2. The average molecular weight is 275 g/mol. The van der Waals surface area contributed by atoms with Crippen molar-refractivity contribution in [3.63, 3.8) is 0 Å². The molecule has 0 saturated heterocycles. The van der Waals surface area contributed by atoms with Gasteiger partial charge in [-0.05, 0) is 15.9 Å². The minimum absolute atomic E-state index is 0.214. The molecule has 2 heterocycles. The Morgan fingerprint density at radius 3 is 3.00 bits per heavy atom. The largest absolute Gasteiger partial charge is 0.332 e. The van der Waals surface area contributed by atoms with Crippen LogP contribution in [0, 0.1) is 0 Å². The first-order valence-electron chi connectivity index (χ1n) is 3.65. The van der Waals surface area contributed by atoms with Crippen molar-refractivity contribution in [2.45, 2.75) is 5.88 Å². The van der Waals surface area contributed by atoms with Crippen LogP contribution in [0.3, 0.4) is 0 Å². The maximum Gasteiger partial charge on any atom is 0.277 e. The lowest BCUT2D eigenvalue weighted by Crippen LogP contribution is -1.87. The second-order valence-electron chi connectivity index (χ2n) is 2.37. The fourth-order valence-corrected chi connectivity index (χ4v) is 1.37. The predicted octanol–water partition coefficient (Wildman–Crippen LogP) is 2.03. The SMILES string of the molecule is ClCc1noc(-c2ncncc2Br)n1. The molecular weight excluding hydrogens is 271 g/mol. The van der Waals surface area contributed by atoms with Crippen LogP contribution in [-0.2, 0) is 5.88 Å². The van der Waals surface area contributed by atoms with E-state index in [2.05, 4.69) is 36.0 Å². The van der Waals surface area contributed by atoms with Gasteiger partial charge in [0, 0.05) is 6.20 Å². The molecule has 2 rings (SSSR count). The third-order valence-electron chi connectivity index (χ3n) is 1.46. The van der Waals surface area contributed by atoms with Gasteiger partial charge in [-0.25, -0.2) is 9.97 Å². The zero-order valence-corrected chi connectivity index (χ0v) is 9.16. The van der Waals surface area contributed by atoms with E-state index in [1.807, 2.05) is 0 Å². The summed E-state index contributed by atoms with van der Waals surface area (Å²) in [6.07, 6.45) is 3.01. The van der Waals surface area contributed by atoms with Crippen molar-refractivity contribution in [3.8, 4) is 11.6 Å². The highest BCUT2D eigenvalue weighted by atomic mass is 79.9. The van der Waals surface area contributed by atoms with Crippen LogP contribution in [-0.4, -0.2) is 20.1 Å². The van der Waals surface area contributed by atoms with Crippen molar-refractivity contribution >= 4 is 27.5 Å². The smallest absolute Gasteiger partial charge is 0.277 e. The molecule has 0 aliphatic carbocycles. The lowest BCUT2D eigenvalue weighted by molar-refractivity contribution is 0.423. The number of hydrogen-bond acceptors (Lipinski definition) is 5. The summed E-state index contributed by atoms with van der Waals surface area (Å²) in [6.45, 7) is 0. The molecule has 0 radical (unpaired) electrons. The van der Waals surface area contributed by atoms with E-state index in [4.69, 9.17) is 16.1 Å². The molecular formula is C7H4BrClN4O. The van der Waals surface area contributed by atoms with Crippen LogP contribution in [0.25, 0.3) is 11.6 Å². The predicted molar refractivity (Wildman–Crippen MR) is 52.6 cm³/mol. The summed E-state index contributed by atoms with van der Waals surface area (Å²) in [6, 6.07) is 0. The Balaban J connectivity index is 2.44. The van der Waals surface area contributed by atoms with Gasteiger partial charge in [0.25, 0.3) is 5.89 Å². The Labute approximate surface area is 92.6 Å². The van der Waals surface area contributed by atoms with E-state index in [-0.39, 0.29) is 5.88 Å². The maximum absolute atomic E-state index is 5.54. The fourth-order valence-electron chi connectivity index (χ4n) is 0.874. The summed E-state index contributed by atoms with van der Waals surface area (Å²) in [4.78, 5) is 11.9. The van der Waals surface area contributed by atoms with Crippen LogP contribution in [0.1, 0.15) is 5.82 Å². The highest BCUT2D eigenvalue weighted by Gasteiger charge is 2.12. The van der Waals surface area contributed by atoms with Gasteiger partial charge >= 0.3 is 0 Å². The molecule has 7 heteroatoms. The highest BCUT2D eigenvalue weighted by Crippen LogP contribution is 2.23. The summed E-state index contributed by atoms with van der Waals surface area (Å²) in [5.41, 5.74) is 0.559. The molecule has 0 atom stereocenters. The monoisotopic (exact) mass is 274 g/mol. The lowest BCUT2D eigenvalue weighted by atomic mass is 10.4. The molecule has 0 spiro atoms. The van der Waals surface area contributed by atoms with Gasteiger partial charge in [-0.2, -0.15) is 4.98 Å². The Hall–Kier alpha value is -1.01. The van der Waals surface area contributed by atoms with Crippen LogP contribution < -0.4 is 0 Å². The molecule has 2 aromatic heterocycles. The van der Waals surface area contributed by atoms with Crippen LogP contribution in [0.15, 0.2) is 21.5 Å². The van der Waals surface area contributed by atoms with Crippen LogP contribution in [0.2, 0.25) is 0 Å². The molecule has 0 aliphatic heterocycles. The number of alkyl halides is 1. The van der Waals surface area contributed by atoms with Crippen LogP contribution in [0.5, 0.6) is 0 Å². The van der Waals surface area contributed by atoms with Crippen molar-refractivity contribution in [3.05, 3.63) is 22.8 Å². The maximum atomic E-state index is 5.54. The van der Waals surface area contributed by atoms with Gasteiger partial charge in [0.1, 0.15) is 12.0 Å². The van der Waals surface area contributed by atoms with Crippen LogP contribution >= 0.6 is 27.5 Å². The van der Waals surface area contributed by atoms with E-state index >= 15 is 0 Å². The zero-order chi connectivity index (χ0) is 9.97. The van der Waals surface area contributed by atoms with E-state index in [1.54, 1.807) is 6.20 Å². The summed E-state index contributed by atoms with van der Waals surface area (Å²) in [5.74, 6) is 0.980. The first kappa shape index (κ1) is 9.54. The summed E-state index contributed by atoms with van der Waals surface area (Å²) < 4.78 is 5.66. The fraction of sp³-hybridized carbons (Fsp3) is 0.143. The van der Waals surface area contributed by atoms with E-state index in [0.29, 0.717) is 21.9 Å².